The van der Waals surface area contributed by atoms with Gasteiger partial charge in [-0.05, 0) is 36.6 Å². The van der Waals surface area contributed by atoms with Crippen molar-refractivity contribution in [2.24, 2.45) is 0 Å². The van der Waals surface area contributed by atoms with Crippen molar-refractivity contribution >= 4 is 17.1 Å². The number of nitrogens with zero attached hydrogens (tertiary/aromatic N) is 1. The Balaban J connectivity index is 1.84. The van der Waals surface area contributed by atoms with Crippen molar-refractivity contribution < 1.29 is 14.3 Å². The number of carboxylic acid groups (broad SMARTS) is 1. The minimum atomic E-state index is -0.759. The molecule has 4 nitrogen and oxygen atoms in total. The Bertz CT molecular complexity index is 828. The molecule has 0 saturated heterocycles. The molecule has 0 atom stereocenters. The Labute approximate surface area is 127 Å². The first-order valence-electron chi connectivity index (χ1n) is 7.35. The highest BCUT2D eigenvalue weighted by Gasteiger charge is 2.47. The molecule has 22 heavy (non-hydrogen) atoms. The van der Waals surface area contributed by atoms with E-state index in [0.29, 0.717) is 5.89 Å². The number of oxazole rings is 1. The predicted molar refractivity (Wildman–Crippen MR) is 82.6 cm³/mol. The lowest BCUT2D eigenvalue weighted by Crippen LogP contribution is -2.14. The number of fused-ring (bicyclic) bond motifs is 1. The number of aliphatic carboxylic acids is 1. The summed E-state index contributed by atoms with van der Waals surface area (Å²) in [4.78, 5) is 15.7. The first-order chi connectivity index (χ1) is 10.7. The molecule has 1 saturated carbocycles. The highest BCUT2D eigenvalue weighted by Crippen LogP contribution is 2.53. The summed E-state index contributed by atoms with van der Waals surface area (Å²) in [6, 6.07) is 15.5. The van der Waals surface area contributed by atoms with Gasteiger partial charge in [0.15, 0.2) is 5.58 Å². The number of rotatable bonds is 4. The van der Waals surface area contributed by atoms with Crippen LogP contribution in [0.5, 0.6) is 0 Å². The molecule has 110 valence electrons. The van der Waals surface area contributed by atoms with Gasteiger partial charge < -0.3 is 9.52 Å². The van der Waals surface area contributed by atoms with Gasteiger partial charge in [0.2, 0.25) is 5.89 Å². The molecule has 3 aromatic rings. The molecule has 4 rings (SSSR count). The average Bonchev–Trinajstić information content (AvgIpc) is 3.15. The van der Waals surface area contributed by atoms with Gasteiger partial charge in [-0.3, -0.25) is 4.79 Å². The molecule has 4 heteroatoms. The molecule has 1 heterocycles. The van der Waals surface area contributed by atoms with Crippen LogP contribution in [0.1, 0.15) is 24.8 Å². The molecule has 1 aromatic heterocycles. The van der Waals surface area contributed by atoms with Crippen LogP contribution in [0.25, 0.3) is 22.6 Å². The molecule has 1 fully saturated rings. The fourth-order valence-corrected chi connectivity index (χ4v) is 3.10. The van der Waals surface area contributed by atoms with Crippen LogP contribution in [0.2, 0.25) is 0 Å². The van der Waals surface area contributed by atoms with E-state index in [1.54, 1.807) is 0 Å². The fourth-order valence-electron chi connectivity index (χ4n) is 3.10. The lowest BCUT2D eigenvalue weighted by atomic mass is 9.88. The van der Waals surface area contributed by atoms with Crippen molar-refractivity contribution in [3.8, 4) is 11.5 Å². The zero-order valence-electron chi connectivity index (χ0n) is 12.0. The third-order valence-electron chi connectivity index (χ3n) is 4.37. The van der Waals surface area contributed by atoms with E-state index in [2.05, 4.69) is 4.98 Å². The highest BCUT2D eigenvalue weighted by molar-refractivity contribution is 5.78. The summed E-state index contributed by atoms with van der Waals surface area (Å²) in [7, 11) is 0. The van der Waals surface area contributed by atoms with Crippen LogP contribution in [-0.2, 0) is 10.2 Å². The van der Waals surface area contributed by atoms with E-state index in [0.717, 1.165) is 35.1 Å². The van der Waals surface area contributed by atoms with E-state index in [1.165, 1.54) is 0 Å². The van der Waals surface area contributed by atoms with E-state index in [-0.39, 0.29) is 11.8 Å². The maximum Gasteiger partial charge on any atom is 0.304 e. The van der Waals surface area contributed by atoms with Crippen LogP contribution in [0, 0.1) is 0 Å². The second-order valence-corrected chi connectivity index (χ2v) is 5.88. The van der Waals surface area contributed by atoms with Crippen LogP contribution in [0.15, 0.2) is 52.9 Å². The minimum Gasteiger partial charge on any atom is -0.481 e. The smallest absolute Gasteiger partial charge is 0.304 e. The first-order valence-corrected chi connectivity index (χ1v) is 7.35. The summed E-state index contributed by atoms with van der Waals surface area (Å²) in [6.07, 6.45) is 1.96. The fraction of sp³-hybridized carbons (Fsp3) is 0.222. The van der Waals surface area contributed by atoms with Gasteiger partial charge >= 0.3 is 5.97 Å². The lowest BCUT2D eigenvalue weighted by molar-refractivity contribution is -0.137. The Morgan fingerprint density at radius 2 is 1.86 bits per heavy atom. The molecule has 1 aliphatic rings. The van der Waals surface area contributed by atoms with Gasteiger partial charge in [0.25, 0.3) is 0 Å². The third-order valence-corrected chi connectivity index (χ3v) is 4.37. The summed E-state index contributed by atoms with van der Waals surface area (Å²) >= 11 is 0. The number of carboxylic acids is 1. The molecule has 0 amide bonds. The van der Waals surface area contributed by atoms with E-state index in [4.69, 9.17) is 4.42 Å². The summed E-state index contributed by atoms with van der Waals surface area (Å²) < 4.78 is 5.86. The molecule has 1 aliphatic carbocycles. The molecule has 0 aliphatic heterocycles. The van der Waals surface area contributed by atoms with Crippen LogP contribution in [0.4, 0.5) is 0 Å². The van der Waals surface area contributed by atoms with Crippen LogP contribution in [-0.4, -0.2) is 16.1 Å². The summed E-state index contributed by atoms with van der Waals surface area (Å²) in [5.74, 6) is -0.196. The number of carbonyl (C=O) groups is 1. The molecular weight excluding hydrogens is 278 g/mol. The second kappa shape index (κ2) is 4.70. The lowest BCUT2D eigenvalue weighted by Gasteiger charge is -2.16. The largest absolute Gasteiger partial charge is 0.481 e. The quantitative estimate of drug-likeness (QED) is 0.789. The van der Waals surface area contributed by atoms with Crippen LogP contribution in [0.3, 0.4) is 0 Å². The normalized spacial score (nSPS) is 15.8. The molecule has 0 unspecified atom stereocenters. The molecule has 0 spiro atoms. The van der Waals surface area contributed by atoms with Gasteiger partial charge in [0, 0.05) is 11.0 Å². The summed E-state index contributed by atoms with van der Waals surface area (Å²) in [6.45, 7) is 0. The molecule has 0 radical (unpaired) electrons. The SMILES string of the molecule is O=C(O)CC1(c2ccccc2-c2nc3ccccc3o2)CC1. The Morgan fingerprint density at radius 1 is 1.14 bits per heavy atom. The second-order valence-electron chi connectivity index (χ2n) is 5.88. The molecular formula is C18H15NO3. The monoisotopic (exact) mass is 293 g/mol. The van der Waals surface area contributed by atoms with Gasteiger partial charge in [0.1, 0.15) is 5.52 Å². The molecule has 0 bridgehead atoms. The van der Waals surface area contributed by atoms with Crippen molar-refractivity contribution in [1.82, 2.24) is 4.98 Å². The number of aromatic nitrogens is 1. The Hall–Kier alpha value is -2.62. The number of hydrogen-bond acceptors (Lipinski definition) is 3. The average molecular weight is 293 g/mol. The summed E-state index contributed by atoms with van der Waals surface area (Å²) in [5, 5.41) is 9.19. The predicted octanol–water partition coefficient (Wildman–Crippen LogP) is 4.00. The maximum atomic E-state index is 11.2. The van der Waals surface area contributed by atoms with E-state index < -0.39 is 5.97 Å². The number of benzene rings is 2. The van der Waals surface area contributed by atoms with Gasteiger partial charge in [0.05, 0.1) is 6.42 Å². The van der Waals surface area contributed by atoms with Gasteiger partial charge in [-0.1, -0.05) is 30.3 Å². The van der Waals surface area contributed by atoms with Gasteiger partial charge in [-0.15, -0.1) is 0 Å². The molecule has 1 N–H and O–H groups in total. The van der Waals surface area contributed by atoms with Crippen molar-refractivity contribution in [2.75, 3.05) is 0 Å². The van der Waals surface area contributed by atoms with Crippen LogP contribution >= 0.6 is 0 Å². The first kappa shape index (κ1) is 13.1. The number of para-hydroxylation sites is 2. The third kappa shape index (κ3) is 2.08. The minimum absolute atomic E-state index is 0.157. The Morgan fingerprint density at radius 3 is 2.59 bits per heavy atom. The number of hydrogen-bond donors (Lipinski definition) is 1. The highest BCUT2D eigenvalue weighted by atomic mass is 16.4. The van der Waals surface area contributed by atoms with E-state index in [1.807, 2.05) is 48.5 Å². The van der Waals surface area contributed by atoms with Crippen molar-refractivity contribution in [1.29, 1.82) is 0 Å². The zero-order valence-corrected chi connectivity index (χ0v) is 12.0. The zero-order chi connectivity index (χ0) is 15.2. The van der Waals surface area contributed by atoms with Gasteiger partial charge in [-0.2, -0.15) is 0 Å². The molecule has 2 aromatic carbocycles. The summed E-state index contributed by atoms with van der Waals surface area (Å²) in [5.41, 5.74) is 3.23. The van der Waals surface area contributed by atoms with E-state index in [9.17, 15) is 9.90 Å². The van der Waals surface area contributed by atoms with Crippen molar-refractivity contribution in [3.05, 3.63) is 54.1 Å². The standard InChI is InChI=1S/C18H15NO3/c20-16(21)11-18(9-10-18)13-6-2-1-5-12(13)17-19-14-7-3-4-8-15(14)22-17/h1-8H,9-11H2,(H,20,21). The maximum absolute atomic E-state index is 11.2. The van der Waals surface area contributed by atoms with Crippen molar-refractivity contribution in [3.63, 3.8) is 0 Å². The van der Waals surface area contributed by atoms with Gasteiger partial charge in [-0.25, -0.2) is 4.98 Å². The van der Waals surface area contributed by atoms with Crippen molar-refractivity contribution in [2.45, 2.75) is 24.7 Å². The van der Waals surface area contributed by atoms with Crippen LogP contribution < -0.4 is 0 Å². The Kier molecular flexibility index (Phi) is 2.79. The van der Waals surface area contributed by atoms with E-state index >= 15 is 0 Å². The topological polar surface area (TPSA) is 63.3 Å².